The fourth-order valence-electron chi connectivity index (χ4n) is 3.57. The molecule has 0 spiro atoms. The van der Waals surface area contributed by atoms with Gasteiger partial charge in [0.05, 0.1) is 24.1 Å². The molecule has 0 unspecified atom stereocenters. The summed E-state index contributed by atoms with van der Waals surface area (Å²) in [4.78, 5) is 17.1. The standard InChI is InChI=1S/C27H23N5O2S/c1-2-14-28-27-32(24(18-35-27)20-10-13-25-23(15-20)31-26(33)17-34-25)29-16-19-8-11-22(12-9-19)30-21-6-4-3-5-7-21/h2-13,15-16,18,30H,1,14,17H2,(H,31,33). The Morgan fingerprint density at radius 1 is 1.09 bits per heavy atom. The van der Waals surface area contributed by atoms with Crippen LogP contribution < -0.4 is 20.2 Å². The Morgan fingerprint density at radius 3 is 2.69 bits per heavy atom. The summed E-state index contributed by atoms with van der Waals surface area (Å²) < 4.78 is 7.29. The van der Waals surface area contributed by atoms with Gasteiger partial charge in [0.15, 0.2) is 6.61 Å². The Bertz CT molecular complexity index is 1450. The number of fused-ring (bicyclic) bond motifs is 1. The molecule has 35 heavy (non-hydrogen) atoms. The molecule has 0 atom stereocenters. The number of carbonyl (C=O) groups excluding carboxylic acids is 1. The number of aromatic nitrogens is 1. The Hall–Kier alpha value is -4.43. The monoisotopic (exact) mass is 481 g/mol. The Morgan fingerprint density at radius 2 is 1.89 bits per heavy atom. The topological polar surface area (TPSA) is 80.0 Å². The van der Waals surface area contributed by atoms with E-state index in [-0.39, 0.29) is 12.5 Å². The van der Waals surface area contributed by atoms with Gasteiger partial charge in [0.2, 0.25) is 4.80 Å². The van der Waals surface area contributed by atoms with Crippen molar-refractivity contribution < 1.29 is 9.53 Å². The van der Waals surface area contributed by atoms with Gasteiger partial charge < -0.3 is 15.4 Å². The first kappa shape index (κ1) is 22.4. The average Bonchev–Trinajstić information content (AvgIpc) is 3.30. The maximum absolute atomic E-state index is 11.8. The van der Waals surface area contributed by atoms with Crippen LogP contribution in [-0.4, -0.2) is 29.9 Å². The Balaban J connectivity index is 1.44. The van der Waals surface area contributed by atoms with Gasteiger partial charge >= 0.3 is 0 Å². The van der Waals surface area contributed by atoms with Crippen LogP contribution in [0.15, 0.2) is 101 Å². The van der Waals surface area contributed by atoms with E-state index < -0.39 is 0 Å². The van der Waals surface area contributed by atoms with E-state index in [1.54, 1.807) is 17.0 Å². The van der Waals surface area contributed by atoms with E-state index >= 15 is 0 Å². The number of para-hydroxylation sites is 1. The molecule has 1 aliphatic rings. The van der Waals surface area contributed by atoms with Crippen LogP contribution >= 0.6 is 11.3 Å². The number of benzene rings is 3. The lowest BCUT2D eigenvalue weighted by molar-refractivity contribution is -0.118. The highest BCUT2D eigenvalue weighted by Crippen LogP contribution is 2.32. The second-order valence-electron chi connectivity index (χ2n) is 7.75. The van der Waals surface area contributed by atoms with E-state index in [9.17, 15) is 4.79 Å². The second-order valence-corrected chi connectivity index (χ2v) is 8.59. The van der Waals surface area contributed by atoms with Crippen molar-refractivity contribution in [1.29, 1.82) is 0 Å². The SMILES string of the molecule is C=CCN=c1scc(-c2ccc3c(c2)NC(=O)CO3)n1N=Cc1ccc(Nc2ccccc2)cc1. The van der Waals surface area contributed by atoms with Crippen molar-refractivity contribution in [2.75, 3.05) is 23.8 Å². The number of nitrogens with one attached hydrogen (secondary N) is 2. The molecule has 174 valence electrons. The lowest BCUT2D eigenvalue weighted by Crippen LogP contribution is -2.25. The zero-order chi connectivity index (χ0) is 24.0. The van der Waals surface area contributed by atoms with Crippen molar-refractivity contribution in [3.05, 3.63) is 101 Å². The van der Waals surface area contributed by atoms with E-state index in [2.05, 4.69) is 22.2 Å². The summed E-state index contributed by atoms with van der Waals surface area (Å²) in [5, 5.41) is 13.0. The molecule has 0 saturated carbocycles. The number of rotatable bonds is 7. The molecule has 1 amide bonds. The Kier molecular flexibility index (Phi) is 6.54. The van der Waals surface area contributed by atoms with Crippen molar-refractivity contribution >= 4 is 40.5 Å². The van der Waals surface area contributed by atoms with Crippen LogP contribution in [-0.2, 0) is 4.79 Å². The maximum atomic E-state index is 11.8. The largest absolute Gasteiger partial charge is 0.482 e. The van der Waals surface area contributed by atoms with Gasteiger partial charge in [-0.05, 0) is 48.0 Å². The van der Waals surface area contributed by atoms with Gasteiger partial charge in [0.25, 0.3) is 5.91 Å². The highest BCUT2D eigenvalue weighted by atomic mass is 32.1. The van der Waals surface area contributed by atoms with E-state index in [4.69, 9.17) is 9.84 Å². The number of hydrogen-bond acceptors (Lipinski definition) is 6. The van der Waals surface area contributed by atoms with Crippen molar-refractivity contribution in [3.8, 4) is 17.0 Å². The molecule has 2 heterocycles. The first-order valence-corrected chi connectivity index (χ1v) is 11.9. The van der Waals surface area contributed by atoms with Crippen LogP contribution in [0.1, 0.15) is 5.56 Å². The van der Waals surface area contributed by atoms with Crippen LogP contribution in [0, 0.1) is 0 Å². The number of amides is 1. The molecule has 3 aromatic carbocycles. The zero-order valence-corrected chi connectivity index (χ0v) is 19.7. The summed E-state index contributed by atoms with van der Waals surface area (Å²) in [5.41, 5.74) is 5.38. The smallest absolute Gasteiger partial charge is 0.262 e. The molecular weight excluding hydrogens is 458 g/mol. The molecular formula is C27H23N5O2S. The van der Waals surface area contributed by atoms with Crippen molar-refractivity contribution in [3.63, 3.8) is 0 Å². The zero-order valence-electron chi connectivity index (χ0n) is 18.8. The predicted octanol–water partition coefficient (Wildman–Crippen LogP) is 5.26. The molecule has 0 saturated heterocycles. The molecule has 1 aromatic heterocycles. The van der Waals surface area contributed by atoms with Crippen molar-refractivity contribution in [2.24, 2.45) is 10.1 Å². The van der Waals surface area contributed by atoms with Crippen LogP contribution in [0.5, 0.6) is 5.75 Å². The first-order valence-electron chi connectivity index (χ1n) is 11.0. The fraction of sp³-hybridized carbons (Fsp3) is 0.0741. The summed E-state index contributed by atoms with van der Waals surface area (Å²) in [6.45, 7) is 4.28. The third kappa shape index (κ3) is 5.23. The predicted molar refractivity (Wildman–Crippen MR) is 142 cm³/mol. The molecule has 8 heteroatoms. The maximum Gasteiger partial charge on any atom is 0.262 e. The molecule has 4 aromatic rings. The summed E-state index contributed by atoms with van der Waals surface area (Å²) in [7, 11) is 0. The molecule has 5 rings (SSSR count). The molecule has 0 aliphatic carbocycles. The third-order valence-corrected chi connectivity index (χ3v) is 6.10. The minimum Gasteiger partial charge on any atom is -0.482 e. The van der Waals surface area contributed by atoms with Crippen LogP contribution in [0.4, 0.5) is 17.1 Å². The van der Waals surface area contributed by atoms with E-state index in [0.717, 1.165) is 33.0 Å². The van der Waals surface area contributed by atoms with Gasteiger partial charge in [-0.3, -0.25) is 9.79 Å². The fourth-order valence-corrected chi connectivity index (χ4v) is 4.42. The van der Waals surface area contributed by atoms with Gasteiger partial charge in [-0.2, -0.15) is 5.10 Å². The van der Waals surface area contributed by atoms with Gasteiger partial charge in [-0.1, -0.05) is 36.4 Å². The number of nitrogens with zero attached hydrogens (tertiary/aromatic N) is 3. The molecule has 2 N–H and O–H groups in total. The van der Waals surface area contributed by atoms with Crippen molar-refractivity contribution in [2.45, 2.75) is 0 Å². The molecule has 0 radical (unpaired) electrons. The summed E-state index contributed by atoms with van der Waals surface area (Å²) in [6.07, 6.45) is 3.55. The van der Waals surface area contributed by atoms with E-state index in [0.29, 0.717) is 18.0 Å². The summed E-state index contributed by atoms with van der Waals surface area (Å²) in [5.74, 6) is 0.483. The lowest BCUT2D eigenvalue weighted by atomic mass is 10.1. The molecule has 0 fully saturated rings. The van der Waals surface area contributed by atoms with Gasteiger partial charge in [0.1, 0.15) is 5.75 Å². The molecule has 0 bridgehead atoms. The minimum absolute atomic E-state index is 0.0271. The van der Waals surface area contributed by atoms with E-state index in [1.807, 2.05) is 78.2 Å². The third-order valence-electron chi connectivity index (χ3n) is 5.24. The van der Waals surface area contributed by atoms with Gasteiger partial charge in [-0.15, -0.1) is 17.9 Å². The van der Waals surface area contributed by atoms with Gasteiger partial charge in [0, 0.05) is 22.3 Å². The summed E-state index contributed by atoms with van der Waals surface area (Å²) >= 11 is 1.49. The summed E-state index contributed by atoms with van der Waals surface area (Å²) in [6, 6.07) is 23.8. The van der Waals surface area contributed by atoms with Crippen LogP contribution in [0.2, 0.25) is 0 Å². The Labute approximate surface area is 206 Å². The minimum atomic E-state index is -0.169. The van der Waals surface area contributed by atoms with Crippen molar-refractivity contribution in [1.82, 2.24) is 4.68 Å². The molecule has 7 nitrogen and oxygen atoms in total. The normalized spacial score (nSPS) is 13.3. The quantitative estimate of drug-likeness (QED) is 0.279. The van der Waals surface area contributed by atoms with Crippen LogP contribution in [0.3, 0.4) is 0 Å². The number of thiazole rings is 1. The number of ether oxygens (including phenoxy) is 1. The number of carbonyl (C=O) groups is 1. The van der Waals surface area contributed by atoms with Crippen LogP contribution in [0.25, 0.3) is 11.3 Å². The average molecular weight is 482 g/mol. The molecule has 1 aliphatic heterocycles. The highest BCUT2D eigenvalue weighted by Gasteiger charge is 2.17. The second kappa shape index (κ2) is 10.2. The lowest BCUT2D eigenvalue weighted by Gasteiger charge is -2.18. The number of anilines is 3. The highest BCUT2D eigenvalue weighted by molar-refractivity contribution is 7.07. The first-order chi connectivity index (χ1) is 17.2. The van der Waals surface area contributed by atoms with E-state index in [1.165, 1.54) is 11.3 Å². The van der Waals surface area contributed by atoms with Gasteiger partial charge in [-0.25, -0.2) is 4.68 Å². The number of hydrogen-bond donors (Lipinski definition) is 2.